The molecular weight excluding hydrogens is 406 g/mol. The lowest BCUT2D eigenvalue weighted by Crippen LogP contribution is -2.13. The predicted octanol–water partition coefficient (Wildman–Crippen LogP) is 6.31. The molecule has 0 fully saturated rings. The molecule has 0 aliphatic rings. The van der Waals surface area contributed by atoms with Crippen LogP contribution >= 0.6 is 12.2 Å². The highest BCUT2D eigenvalue weighted by atomic mass is 32.1. The molecule has 4 aromatic carbocycles. The van der Waals surface area contributed by atoms with Crippen LogP contribution in [0.25, 0.3) is 21.7 Å². The Kier molecular flexibility index (Phi) is 4.73. The zero-order chi connectivity index (χ0) is 21.4. The number of aromatic hydroxyl groups is 1. The Morgan fingerprint density at radius 3 is 2.39 bits per heavy atom. The average Bonchev–Trinajstić information content (AvgIpc) is 3.17. The van der Waals surface area contributed by atoms with Crippen LogP contribution < -0.4 is 5.32 Å². The molecular formula is C26H17NO3S. The van der Waals surface area contributed by atoms with Gasteiger partial charge in [-0.25, -0.2) is 0 Å². The molecule has 1 aromatic heterocycles. The zero-order valence-electron chi connectivity index (χ0n) is 16.3. The van der Waals surface area contributed by atoms with Gasteiger partial charge >= 0.3 is 0 Å². The number of nitrogens with one attached hydrogen (secondary N) is 1. The number of furan rings is 1. The van der Waals surface area contributed by atoms with Crippen molar-refractivity contribution in [2.75, 3.05) is 5.32 Å². The topological polar surface area (TPSA) is 62.5 Å². The molecule has 0 radical (unpaired) electrons. The maximum atomic E-state index is 13.4. The first kappa shape index (κ1) is 19.0. The summed E-state index contributed by atoms with van der Waals surface area (Å²) in [6, 6.07) is 27.6. The van der Waals surface area contributed by atoms with Crippen LogP contribution in [0, 0.1) is 0 Å². The standard InChI is InChI=1S/C26H17NO3S/c28-21-11-5-3-9-19(21)26(31)27-23-20-10-4-6-12-22(20)30-25(23)24(29)18-14-13-16-7-1-2-8-17(16)15-18/h1-15,28H,(H,27,31). The second-order valence-electron chi connectivity index (χ2n) is 7.16. The van der Waals surface area contributed by atoms with Gasteiger partial charge in [0.2, 0.25) is 5.78 Å². The lowest BCUT2D eigenvalue weighted by molar-refractivity contribution is 0.101. The largest absolute Gasteiger partial charge is 0.507 e. The van der Waals surface area contributed by atoms with Gasteiger partial charge in [-0.3, -0.25) is 4.79 Å². The highest BCUT2D eigenvalue weighted by molar-refractivity contribution is 7.81. The fraction of sp³-hybridized carbons (Fsp3) is 0. The van der Waals surface area contributed by atoms with Gasteiger partial charge < -0.3 is 14.8 Å². The second-order valence-corrected chi connectivity index (χ2v) is 7.57. The number of phenols is 1. The van der Waals surface area contributed by atoms with Crippen molar-refractivity contribution in [3.05, 3.63) is 108 Å². The number of hydrogen-bond donors (Lipinski definition) is 2. The minimum absolute atomic E-state index is 0.0650. The maximum absolute atomic E-state index is 13.4. The van der Waals surface area contributed by atoms with E-state index in [0.717, 1.165) is 16.2 Å². The Bertz CT molecular complexity index is 1470. The fourth-order valence-electron chi connectivity index (χ4n) is 3.64. The van der Waals surface area contributed by atoms with Gasteiger partial charge in [0.05, 0.1) is 11.3 Å². The van der Waals surface area contributed by atoms with Crippen LogP contribution in [0.2, 0.25) is 0 Å². The third-order valence-corrected chi connectivity index (χ3v) is 5.52. The third-order valence-electron chi connectivity index (χ3n) is 5.20. The summed E-state index contributed by atoms with van der Waals surface area (Å²) in [6.07, 6.45) is 0. The normalized spacial score (nSPS) is 11.0. The van der Waals surface area contributed by atoms with Crippen LogP contribution in [0.15, 0.2) is 95.4 Å². The molecule has 0 bridgehead atoms. The summed E-state index contributed by atoms with van der Waals surface area (Å²) in [6.45, 7) is 0. The number of benzene rings is 4. The molecule has 0 saturated heterocycles. The Labute approximate surface area is 183 Å². The summed E-state index contributed by atoms with van der Waals surface area (Å²) in [4.78, 5) is 13.7. The van der Waals surface area contributed by atoms with Gasteiger partial charge in [-0.05, 0) is 41.1 Å². The van der Waals surface area contributed by atoms with Crippen LogP contribution in [0.4, 0.5) is 5.69 Å². The van der Waals surface area contributed by atoms with Crippen LogP contribution in [-0.2, 0) is 0 Å². The molecule has 150 valence electrons. The van der Waals surface area contributed by atoms with Crippen molar-refractivity contribution < 1.29 is 14.3 Å². The minimum Gasteiger partial charge on any atom is -0.507 e. The first-order chi connectivity index (χ1) is 15.1. The van der Waals surface area contributed by atoms with Crippen molar-refractivity contribution in [1.82, 2.24) is 0 Å². The monoisotopic (exact) mass is 423 g/mol. The molecule has 0 atom stereocenters. The predicted molar refractivity (Wildman–Crippen MR) is 127 cm³/mol. The van der Waals surface area contributed by atoms with E-state index < -0.39 is 0 Å². The van der Waals surface area contributed by atoms with E-state index in [1.165, 1.54) is 0 Å². The van der Waals surface area contributed by atoms with E-state index in [1.54, 1.807) is 36.4 Å². The van der Waals surface area contributed by atoms with Crippen LogP contribution in [0.3, 0.4) is 0 Å². The van der Waals surface area contributed by atoms with Crippen LogP contribution in [-0.4, -0.2) is 15.9 Å². The van der Waals surface area contributed by atoms with Gasteiger partial charge in [-0.2, -0.15) is 0 Å². The van der Waals surface area contributed by atoms with Gasteiger partial charge in [0, 0.05) is 10.9 Å². The number of hydrogen-bond acceptors (Lipinski definition) is 4. The molecule has 5 rings (SSSR count). The van der Waals surface area contributed by atoms with Crippen molar-refractivity contribution in [2.45, 2.75) is 0 Å². The number of carbonyl (C=O) groups is 1. The van der Waals surface area contributed by atoms with Crippen molar-refractivity contribution in [1.29, 1.82) is 0 Å². The molecule has 5 heteroatoms. The van der Waals surface area contributed by atoms with E-state index in [2.05, 4.69) is 5.32 Å². The summed E-state index contributed by atoms with van der Waals surface area (Å²) in [7, 11) is 0. The van der Waals surface area contributed by atoms with Crippen molar-refractivity contribution in [2.24, 2.45) is 0 Å². The number of carbonyl (C=O) groups excluding carboxylic acids is 1. The number of ketones is 1. The maximum Gasteiger partial charge on any atom is 0.230 e. The minimum atomic E-state index is -0.246. The number of thiocarbonyl (C=S) groups is 1. The Balaban J connectivity index is 1.60. The lowest BCUT2D eigenvalue weighted by Gasteiger charge is -2.10. The molecule has 1 heterocycles. The van der Waals surface area contributed by atoms with Crippen molar-refractivity contribution in [3.63, 3.8) is 0 Å². The summed E-state index contributed by atoms with van der Waals surface area (Å²) < 4.78 is 5.96. The molecule has 0 unspecified atom stereocenters. The average molecular weight is 423 g/mol. The van der Waals surface area contributed by atoms with Gasteiger partial charge in [0.15, 0.2) is 5.76 Å². The fourth-order valence-corrected chi connectivity index (χ4v) is 3.91. The number of phenolic OH excluding ortho intramolecular Hbond substituents is 1. The van der Waals surface area contributed by atoms with Crippen molar-refractivity contribution in [3.8, 4) is 5.75 Å². The van der Waals surface area contributed by atoms with Crippen LogP contribution in [0.1, 0.15) is 21.7 Å². The van der Waals surface area contributed by atoms with E-state index in [0.29, 0.717) is 27.4 Å². The zero-order valence-corrected chi connectivity index (χ0v) is 17.1. The highest BCUT2D eigenvalue weighted by Crippen LogP contribution is 2.34. The Hall–Kier alpha value is -3.96. The Morgan fingerprint density at radius 1 is 0.839 bits per heavy atom. The molecule has 0 spiro atoms. The summed E-state index contributed by atoms with van der Waals surface area (Å²) in [5.74, 6) is -0.00556. The van der Waals surface area contributed by atoms with Gasteiger partial charge in [0.1, 0.15) is 16.3 Å². The number of para-hydroxylation sites is 2. The molecule has 4 nitrogen and oxygen atoms in total. The number of anilines is 1. The van der Waals surface area contributed by atoms with E-state index in [4.69, 9.17) is 16.6 Å². The molecule has 0 amide bonds. The molecule has 0 saturated carbocycles. The SMILES string of the molecule is O=C(c1ccc2ccccc2c1)c1oc2ccccc2c1NC(=S)c1ccccc1O. The third kappa shape index (κ3) is 3.45. The molecule has 31 heavy (non-hydrogen) atoms. The summed E-state index contributed by atoms with van der Waals surface area (Å²) in [5.41, 5.74) is 2.07. The van der Waals surface area contributed by atoms with Gasteiger partial charge in [0.25, 0.3) is 0 Å². The molecule has 0 aliphatic heterocycles. The smallest absolute Gasteiger partial charge is 0.230 e. The van der Waals surface area contributed by atoms with E-state index >= 15 is 0 Å². The van der Waals surface area contributed by atoms with Gasteiger partial charge in [-0.15, -0.1) is 0 Å². The van der Waals surface area contributed by atoms with E-state index in [9.17, 15) is 9.90 Å². The molecule has 2 N–H and O–H groups in total. The van der Waals surface area contributed by atoms with Crippen LogP contribution in [0.5, 0.6) is 5.75 Å². The highest BCUT2D eigenvalue weighted by Gasteiger charge is 2.23. The second kappa shape index (κ2) is 7.70. The quantitative estimate of drug-likeness (QED) is 0.262. The molecule has 0 aliphatic carbocycles. The first-order valence-corrected chi connectivity index (χ1v) is 10.2. The lowest BCUT2D eigenvalue weighted by atomic mass is 10.0. The van der Waals surface area contributed by atoms with E-state index in [1.807, 2.05) is 54.6 Å². The van der Waals surface area contributed by atoms with Crippen molar-refractivity contribution >= 4 is 50.4 Å². The van der Waals surface area contributed by atoms with E-state index in [-0.39, 0.29) is 17.3 Å². The Morgan fingerprint density at radius 2 is 1.55 bits per heavy atom. The van der Waals surface area contributed by atoms with Gasteiger partial charge in [-0.1, -0.05) is 72.9 Å². The number of rotatable bonds is 4. The number of fused-ring (bicyclic) bond motifs is 2. The summed E-state index contributed by atoms with van der Waals surface area (Å²) in [5, 5.41) is 16.1. The molecule has 5 aromatic rings. The first-order valence-electron chi connectivity index (χ1n) is 9.76. The summed E-state index contributed by atoms with van der Waals surface area (Å²) >= 11 is 5.52.